The first-order valence-electron chi connectivity index (χ1n) is 3.83. The van der Waals surface area contributed by atoms with Gasteiger partial charge in [0.15, 0.2) is 0 Å². The lowest BCUT2D eigenvalue weighted by atomic mass is 10.0. The van der Waals surface area contributed by atoms with Crippen molar-refractivity contribution in [2.24, 2.45) is 0 Å². The molecule has 0 aromatic carbocycles. The average molecular weight is 134 g/mol. The van der Waals surface area contributed by atoms with Crippen molar-refractivity contribution in [3.8, 4) is 0 Å². The maximum absolute atomic E-state index is 2.28. The van der Waals surface area contributed by atoms with Crippen LogP contribution in [0.15, 0.2) is 35.5 Å². The summed E-state index contributed by atoms with van der Waals surface area (Å²) in [7, 11) is 0. The van der Waals surface area contributed by atoms with Gasteiger partial charge in [-0.15, -0.1) is 0 Å². The maximum atomic E-state index is 2.28. The number of hydrogen-bond acceptors (Lipinski definition) is 0. The minimum Gasteiger partial charge on any atom is -0.0871 e. The minimum atomic E-state index is 1.21. The Morgan fingerprint density at radius 3 is 2.90 bits per heavy atom. The standard InChI is InChI=1S/C10H14/c1-3-5-10-7-4-6-9(2)8-10/h3,5,7-8H,4,6H2,1-2H3. The van der Waals surface area contributed by atoms with E-state index in [0.717, 1.165) is 0 Å². The molecule has 0 atom stereocenters. The smallest absolute Gasteiger partial charge is 0.0285 e. The molecule has 0 aliphatic heterocycles. The SMILES string of the molecule is CC=CC1=CCCC(C)=C1. The molecule has 0 fully saturated rings. The molecule has 0 bridgehead atoms. The zero-order chi connectivity index (χ0) is 7.40. The molecule has 1 rings (SSSR count). The highest BCUT2D eigenvalue weighted by Gasteiger charge is 1.96. The van der Waals surface area contributed by atoms with Crippen LogP contribution in [-0.4, -0.2) is 0 Å². The van der Waals surface area contributed by atoms with Gasteiger partial charge in [-0.05, 0) is 32.3 Å². The van der Waals surface area contributed by atoms with Crippen molar-refractivity contribution in [3.05, 3.63) is 35.5 Å². The van der Waals surface area contributed by atoms with E-state index in [9.17, 15) is 0 Å². The van der Waals surface area contributed by atoms with E-state index in [1.807, 2.05) is 0 Å². The lowest BCUT2D eigenvalue weighted by Gasteiger charge is -2.05. The van der Waals surface area contributed by atoms with Crippen molar-refractivity contribution in [3.63, 3.8) is 0 Å². The van der Waals surface area contributed by atoms with Gasteiger partial charge in [0.2, 0.25) is 0 Å². The average Bonchev–Trinajstić information content (AvgIpc) is 1.88. The van der Waals surface area contributed by atoms with Crippen LogP contribution in [0.25, 0.3) is 0 Å². The van der Waals surface area contributed by atoms with Crippen LogP contribution in [-0.2, 0) is 0 Å². The van der Waals surface area contributed by atoms with Gasteiger partial charge in [-0.1, -0.05) is 29.9 Å². The molecule has 0 radical (unpaired) electrons. The molecule has 0 N–H and O–H groups in total. The Bertz CT molecular complexity index is 192. The van der Waals surface area contributed by atoms with E-state index in [0.29, 0.717) is 0 Å². The fraction of sp³-hybridized carbons (Fsp3) is 0.400. The van der Waals surface area contributed by atoms with E-state index in [1.165, 1.54) is 24.0 Å². The Morgan fingerprint density at radius 1 is 1.50 bits per heavy atom. The molecule has 54 valence electrons. The molecule has 0 heterocycles. The van der Waals surface area contributed by atoms with Crippen molar-refractivity contribution in [1.29, 1.82) is 0 Å². The normalized spacial score (nSPS) is 19.0. The second-order valence-electron chi connectivity index (χ2n) is 2.73. The molecular formula is C10H14. The quantitative estimate of drug-likeness (QED) is 0.516. The molecule has 0 nitrogen and oxygen atoms in total. The molecule has 0 amide bonds. The summed E-state index contributed by atoms with van der Waals surface area (Å²) >= 11 is 0. The van der Waals surface area contributed by atoms with E-state index in [1.54, 1.807) is 0 Å². The van der Waals surface area contributed by atoms with E-state index in [4.69, 9.17) is 0 Å². The Kier molecular flexibility index (Phi) is 2.49. The van der Waals surface area contributed by atoms with E-state index < -0.39 is 0 Å². The van der Waals surface area contributed by atoms with Gasteiger partial charge in [-0.2, -0.15) is 0 Å². The van der Waals surface area contributed by atoms with Crippen LogP contribution in [0.1, 0.15) is 26.7 Å². The van der Waals surface area contributed by atoms with E-state index >= 15 is 0 Å². The fourth-order valence-electron chi connectivity index (χ4n) is 1.19. The van der Waals surface area contributed by atoms with Gasteiger partial charge in [-0.25, -0.2) is 0 Å². The van der Waals surface area contributed by atoms with Gasteiger partial charge in [-0.3, -0.25) is 0 Å². The summed E-state index contributed by atoms with van der Waals surface area (Å²) in [4.78, 5) is 0. The second kappa shape index (κ2) is 3.40. The summed E-state index contributed by atoms with van der Waals surface area (Å²) in [5.74, 6) is 0. The number of allylic oxidation sites excluding steroid dienone is 6. The third-order valence-corrected chi connectivity index (χ3v) is 1.69. The van der Waals surface area contributed by atoms with Crippen LogP contribution < -0.4 is 0 Å². The van der Waals surface area contributed by atoms with Gasteiger partial charge >= 0.3 is 0 Å². The maximum Gasteiger partial charge on any atom is -0.0285 e. The molecule has 0 unspecified atom stereocenters. The van der Waals surface area contributed by atoms with Crippen molar-refractivity contribution >= 4 is 0 Å². The highest BCUT2D eigenvalue weighted by Crippen LogP contribution is 2.16. The van der Waals surface area contributed by atoms with Crippen LogP contribution in [0.4, 0.5) is 0 Å². The molecule has 0 aromatic heterocycles. The third kappa shape index (κ3) is 1.87. The van der Waals surface area contributed by atoms with E-state index in [-0.39, 0.29) is 0 Å². The molecule has 0 heteroatoms. The first-order chi connectivity index (χ1) is 4.83. The van der Waals surface area contributed by atoms with Crippen LogP contribution >= 0.6 is 0 Å². The first kappa shape index (κ1) is 7.33. The summed E-state index contributed by atoms with van der Waals surface area (Å²) < 4.78 is 0. The zero-order valence-corrected chi connectivity index (χ0v) is 6.72. The number of rotatable bonds is 1. The predicted molar refractivity (Wildman–Crippen MR) is 45.9 cm³/mol. The second-order valence-corrected chi connectivity index (χ2v) is 2.73. The highest BCUT2D eigenvalue weighted by atomic mass is 14.0. The van der Waals surface area contributed by atoms with Crippen LogP contribution in [0.3, 0.4) is 0 Å². The minimum absolute atomic E-state index is 1.21. The summed E-state index contributed by atoms with van der Waals surface area (Å²) in [6.45, 7) is 4.25. The predicted octanol–water partition coefficient (Wildman–Crippen LogP) is 3.23. The van der Waals surface area contributed by atoms with Gasteiger partial charge in [0, 0.05) is 0 Å². The Labute approximate surface area is 62.9 Å². The summed E-state index contributed by atoms with van der Waals surface area (Å²) in [5.41, 5.74) is 2.86. The lowest BCUT2D eigenvalue weighted by Crippen LogP contribution is -1.85. The topological polar surface area (TPSA) is 0 Å². The molecule has 0 aromatic rings. The number of hydrogen-bond donors (Lipinski definition) is 0. The summed E-state index contributed by atoms with van der Waals surface area (Å²) in [6, 6.07) is 0. The lowest BCUT2D eigenvalue weighted by molar-refractivity contribution is 0.952. The van der Waals surface area contributed by atoms with Gasteiger partial charge in [0.1, 0.15) is 0 Å². The zero-order valence-electron chi connectivity index (χ0n) is 6.72. The molecule has 0 saturated heterocycles. The molecule has 10 heavy (non-hydrogen) atoms. The van der Waals surface area contributed by atoms with Crippen molar-refractivity contribution in [1.82, 2.24) is 0 Å². The van der Waals surface area contributed by atoms with Crippen molar-refractivity contribution < 1.29 is 0 Å². The van der Waals surface area contributed by atoms with Gasteiger partial charge < -0.3 is 0 Å². The van der Waals surface area contributed by atoms with E-state index in [2.05, 4.69) is 38.2 Å². The van der Waals surface area contributed by atoms with Crippen LogP contribution in [0.5, 0.6) is 0 Å². The Hall–Kier alpha value is -0.780. The Morgan fingerprint density at radius 2 is 2.30 bits per heavy atom. The highest BCUT2D eigenvalue weighted by molar-refractivity contribution is 5.35. The Balaban J connectivity index is 2.69. The van der Waals surface area contributed by atoms with Crippen molar-refractivity contribution in [2.45, 2.75) is 26.7 Å². The van der Waals surface area contributed by atoms with Gasteiger partial charge in [0.25, 0.3) is 0 Å². The van der Waals surface area contributed by atoms with Crippen LogP contribution in [0, 0.1) is 0 Å². The third-order valence-electron chi connectivity index (χ3n) is 1.69. The molecule has 0 spiro atoms. The summed E-state index contributed by atoms with van der Waals surface area (Å²) in [5, 5.41) is 0. The first-order valence-corrected chi connectivity index (χ1v) is 3.83. The molecule has 0 saturated carbocycles. The molecule has 1 aliphatic carbocycles. The van der Waals surface area contributed by atoms with Crippen molar-refractivity contribution in [2.75, 3.05) is 0 Å². The van der Waals surface area contributed by atoms with Crippen LogP contribution in [0.2, 0.25) is 0 Å². The molecule has 1 aliphatic rings. The monoisotopic (exact) mass is 134 g/mol. The fourth-order valence-corrected chi connectivity index (χ4v) is 1.19. The summed E-state index contributed by atoms with van der Waals surface area (Å²) in [6.07, 6.45) is 11.2. The van der Waals surface area contributed by atoms with Gasteiger partial charge in [0.05, 0.1) is 0 Å². The molecular weight excluding hydrogens is 120 g/mol. The largest absolute Gasteiger partial charge is 0.0871 e.